The lowest BCUT2D eigenvalue weighted by Crippen LogP contribution is -2.43. The number of imide groups is 1. The number of aliphatic hydroxyl groups excluding tert-OH is 1. The second-order valence-electron chi connectivity index (χ2n) is 6.23. The van der Waals surface area contributed by atoms with Crippen LogP contribution in [0.4, 0.5) is 18.9 Å². The third-order valence-electron chi connectivity index (χ3n) is 4.92. The number of halogens is 4. The molecular weight excluding hydrogens is 363 g/mol. The first-order chi connectivity index (χ1) is 11.7. The number of hydrogen-bond acceptors (Lipinski definition) is 4. The van der Waals surface area contributed by atoms with Gasteiger partial charge < -0.3 is 9.84 Å². The number of aliphatic hydroxyl groups is 1. The van der Waals surface area contributed by atoms with Crippen molar-refractivity contribution >= 4 is 29.1 Å². The second kappa shape index (κ2) is 5.06. The Morgan fingerprint density at radius 2 is 2.00 bits per heavy atom. The molecule has 132 valence electrons. The maximum atomic E-state index is 13.1. The first-order valence-corrected chi connectivity index (χ1v) is 7.80. The van der Waals surface area contributed by atoms with E-state index < -0.39 is 58.7 Å². The molecule has 1 N–H and O–H groups in total. The van der Waals surface area contributed by atoms with Crippen LogP contribution in [-0.2, 0) is 20.5 Å². The van der Waals surface area contributed by atoms with Crippen LogP contribution in [0.15, 0.2) is 30.4 Å². The molecule has 2 amide bonds. The lowest BCUT2D eigenvalue weighted by molar-refractivity contribution is -0.137. The minimum Gasteiger partial charge on any atom is -0.393 e. The topological polar surface area (TPSA) is 66.8 Å². The number of anilines is 1. The molecule has 1 aromatic carbocycles. The molecule has 3 aliphatic rings. The summed E-state index contributed by atoms with van der Waals surface area (Å²) in [5.41, 5.74) is -2.62. The molecule has 0 spiro atoms. The molecule has 0 radical (unpaired) electrons. The Balaban J connectivity index is 1.77. The zero-order valence-corrected chi connectivity index (χ0v) is 13.2. The summed E-state index contributed by atoms with van der Waals surface area (Å²) in [5.74, 6) is -3.14. The first-order valence-electron chi connectivity index (χ1n) is 7.42. The molecule has 3 aliphatic heterocycles. The maximum absolute atomic E-state index is 13.1. The molecule has 3 heterocycles. The minimum atomic E-state index is -4.72. The molecule has 5 nitrogen and oxygen atoms in total. The SMILES string of the molecule is O=C1[C@@H]2[C@H]3C=C[C@@](CO)(O3)[C@H]2C(=O)N1c1ccc(Cl)c(C(F)(F)F)c1. The second-order valence-corrected chi connectivity index (χ2v) is 6.64. The Morgan fingerprint density at radius 3 is 2.64 bits per heavy atom. The smallest absolute Gasteiger partial charge is 0.393 e. The molecule has 0 aliphatic carbocycles. The fourth-order valence-corrected chi connectivity index (χ4v) is 4.03. The van der Waals surface area contributed by atoms with Crippen molar-refractivity contribution in [1.29, 1.82) is 0 Å². The van der Waals surface area contributed by atoms with Crippen molar-refractivity contribution < 1.29 is 32.6 Å². The quantitative estimate of drug-likeness (QED) is 0.637. The number of carbonyl (C=O) groups excluding carboxylic acids is 2. The van der Waals surface area contributed by atoms with Gasteiger partial charge in [-0.25, -0.2) is 4.90 Å². The van der Waals surface area contributed by atoms with Gasteiger partial charge in [0.05, 0.1) is 40.8 Å². The van der Waals surface area contributed by atoms with E-state index in [1.165, 1.54) is 12.1 Å². The summed E-state index contributed by atoms with van der Waals surface area (Å²) >= 11 is 5.59. The third kappa shape index (κ3) is 2.11. The molecule has 2 bridgehead atoms. The minimum absolute atomic E-state index is 0.200. The van der Waals surface area contributed by atoms with Crippen LogP contribution in [0, 0.1) is 11.8 Å². The van der Waals surface area contributed by atoms with E-state index in [9.17, 15) is 27.9 Å². The number of hydrogen-bond donors (Lipinski definition) is 1. The Labute approximate surface area is 144 Å². The van der Waals surface area contributed by atoms with Crippen molar-refractivity contribution in [2.24, 2.45) is 11.8 Å². The highest BCUT2D eigenvalue weighted by Crippen LogP contribution is 2.52. The number of nitrogens with zero attached hydrogens (tertiary/aromatic N) is 1. The van der Waals surface area contributed by atoms with Crippen LogP contribution >= 0.6 is 11.6 Å². The normalized spacial score (nSPS) is 33.5. The van der Waals surface area contributed by atoms with E-state index in [2.05, 4.69) is 0 Å². The lowest BCUT2D eigenvalue weighted by Gasteiger charge is -2.26. The van der Waals surface area contributed by atoms with Crippen molar-refractivity contribution in [3.05, 3.63) is 40.9 Å². The van der Waals surface area contributed by atoms with E-state index in [1.54, 1.807) is 6.08 Å². The van der Waals surface area contributed by atoms with Gasteiger partial charge in [0, 0.05) is 0 Å². The molecule has 2 fully saturated rings. The summed E-state index contributed by atoms with van der Waals surface area (Å²) in [6.07, 6.45) is -2.26. The van der Waals surface area contributed by atoms with Crippen molar-refractivity contribution in [1.82, 2.24) is 0 Å². The molecule has 4 atom stereocenters. The van der Waals surface area contributed by atoms with E-state index in [4.69, 9.17) is 16.3 Å². The van der Waals surface area contributed by atoms with Crippen LogP contribution < -0.4 is 4.90 Å². The summed E-state index contributed by atoms with van der Waals surface area (Å²) in [4.78, 5) is 26.2. The van der Waals surface area contributed by atoms with Crippen molar-refractivity contribution in [3.8, 4) is 0 Å². The van der Waals surface area contributed by atoms with Gasteiger partial charge in [-0.3, -0.25) is 9.59 Å². The molecule has 4 rings (SSSR count). The van der Waals surface area contributed by atoms with Crippen molar-refractivity contribution in [3.63, 3.8) is 0 Å². The number of benzene rings is 1. The van der Waals surface area contributed by atoms with E-state index in [-0.39, 0.29) is 5.69 Å². The predicted octanol–water partition coefficient (Wildman–Crippen LogP) is 2.16. The van der Waals surface area contributed by atoms with Gasteiger partial charge in [0.2, 0.25) is 11.8 Å². The fourth-order valence-electron chi connectivity index (χ4n) is 3.81. The maximum Gasteiger partial charge on any atom is 0.417 e. The van der Waals surface area contributed by atoms with Crippen molar-refractivity contribution in [2.75, 3.05) is 11.5 Å². The van der Waals surface area contributed by atoms with Gasteiger partial charge in [0.15, 0.2) is 0 Å². The first kappa shape index (κ1) is 16.6. The molecule has 2 saturated heterocycles. The number of ether oxygens (including phenoxy) is 1. The van der Waals surface area contributed by atoms with Crippen molar-refractivity contribution in [2.45, 2.75) is 17.9 Å². The molecular formula is C16H11ClF3NO4. The largest absolute Gasteiger partial charge is 0.417 e. The average molecular weight is 374 g/mol. The lowest BCUT2D eigenvalue weighted by atomic mass is 9.77. The average Bonchev–Trinajstić information content (AvgIpc) is 3.18. The molecule has 0 aromatic heterocycles. The number of carbonyl (C=O) groups is 2. The molecule has 0 unspecified atom stereocenters. The van der Waals surface area contributed by atoms with Crippen LogP contribution in [0.25, 0.3) is 0 Å². The van der Waals surface area contributed by atoms with Gasteiger partial charge in [-0.15, -0.1) is 0 Å². The highest BCUT2D eigenvalue weighted by Gasteiger charge is 2.67. The summed E-state index contributed by atoms with van der Waals surface area (Å²) < 4.78 is 44.7. The monoisotopic (exact) mass is 373 g/mol. The predicted molar refractivity (Wildman–Crippen MR) is 79.8 cm³/mol. The summed E-state index contributed by atoms with van der Waals surface area (Å²) in [5, 5.41) is 9.09. The van der Waals surface area contributed by atoms with E-state index in [1.807, 2.05) is 0 Å². The van der Waals surface area contributed by atoms with Crippen LogP contribution in [0.5, 0.6) is 0 Å². The summed E-state index contributed by atoms with van der Waals surface area (Å²) in [7, 11) is 0. The summed E-state index contributed by atoms with van der Waals surface area (Å²) in [6, 6.07) is 2.87. The van der Waals surface area contributed by atoms with Crippen LogP contribution in [0.3, 0.4) is 0 Å². The van der Waals surface area contributed by atoms with Gasteiger partial charge in [-0.1, -0.05) is 23.8 Å². The fraction of sp³-hybridized carbons (Fsp3) is 0.375. The Hall–Kier alpha value is -1.90. The Kier molecular flexibility index (Phi) is 3.35. The van der Waals surface area contributed by atoms with Crippen LogP contribution in [-0.4, -0.2) is 35.2 Å². The Morgan fingerprint density at radius 1 is 1.28 bits per heavy atom. The van der Waals surface area contributed by atoms with Gasteiger partial charge in [-0.2, -0.15) is 13.2 Å². The van der Waals surface area contributed by atoms with Gasteiger partial charge >= 0.3 is 6.18 Å². The van der Waals surface area contributed by atoms with Crippen LogP contribution in [0.1, 0.15) is 5.56 Å². The number of alkyl halides is 3. The molecule has 9 heteroatoms. The molecule has 0 saturated carbocycles. The summed E-state index contributed by atoms with van der Waals surface area (Å²) in [6.45, 7) is -0.498. The zero-order chi connectivity index (χ0) is 18.1. The third-order valence-corrected chi connectivity index (χ3v) is 5.25. The van der Waals surface area contributed by atoms with Crippen LogP contribution in [0.2, 0.25) is 5.02 Å². The standard InChI is InChI=1S/C16H11ClF3NO4/c17-9-2-1-7(5-8(9)16(18,19)20)21-13(23)11-10-3-4-15(6-22,25-10)12(11)14(21)24/h1-5,10-12,22H,6H2/t10-,11-,12-,15+/m1/s1. The number of fused-ring (bicyclic) bond motifs is 5. The van der Waals surface area contributed by atoms with Gasteiger partial charge in [-0.05, 0) is 18.2 Å². The van der Waals surface area contributed by atoms with E-state index >= 15 is 0 Å². The highest BCUT2D eigenvalue weighted by molar-refractivity contribution is 6.31. The molecule has 1 aromatic rings. The molecule has 25 heavy (non-hydrogen) atoms. The van der Waals surface area contributed by atoms with E-state index in [0.29, 0.717) is 6.07 Å². The highest BCUT2D eigenvalue weighted by atomic mass is 35.5. The zero-order valence-electron chi connectivity index (χ0n) is 12.5. The van der Waals surface area contributed by atoms with Gasteiger partial charge in [0.1, 0.15) is 5.60 Å². The number of amides is 2. The van der Waals surface area contributed by atoms with E-state index in [0.717, 1.165) is 11.0 Å². The number of rotatable bonds is 2. The van der Waals surface area contributed by atoms with Gasteiger partial charge in [0.25, 0.3) is 0 Å². The Bertz CT molecular complexity index is 824.